The molecule has 3 aromatic rings. The minimum atomic E-state index is -0.573. The molecule has 8 heteroatoms. The normalized spacial score (nSPS) is 13.4. The molecule has 1 aliphatic heterocycles. The molecule has 7 nitrogen and oxygen atoms in total. The van der Waals surface area contributed by atoms with Gasteiger partial charge in [-0.1, -0.05) is 0 Å². The van der Waals surface area contributed by atoms with Gasteiger partial charge in [-0.15, -0.1) is 0 Å². The van der Waals surface area contributed by atoms with Gasteiger partial charge < -0.3 is 14.2 Å². The van der Waals surface area contributed by atoms with Crippen LogP contribution in [0.3, 0.4) is 0 Å². The lowest BCUT2D eigenvalue weighted by Gasteiger charge is -2.20. The van der Waals surface area contributed by atoms with Crippen molar-refractivity contribution in [2.45, 2.75) is 20.1 Å². The number of esters is 1. The summed E-state index contributed by atoms with van der Waals surface area (Å²) >= 11 is 0. The van der Waals surface area contributed by atoms with Crippen molar-refractivity contribution >= 4 is 11.6 Å². The lowest BCUT2D eigenvalue weighted by Crippen LogP contribution is -2.15. The summed E-state index contributed by atoms with van der Waals surface area (Å²) in [7, 11) is 0. The fraction of sp³-hybridized carbons (Fsp3) is 0.235. The van der Waals surface area contributed by atoms with Crippen LogP contribution in [0.15, 0.2) is 30.6 Å². The minimum absolute atomic E-state index is 0.0800. The van der Waals surface area contributed by atoms with Crippen LogP contribution in [0.4, 0.5) is 4.39 Å². The molecule has 0 fully saturated rings. The van der Waals surface area contributed by atoms with Gasteiger partial charge >= 0.3 is 5.97 Å². The first-order valence-corrected chi connectivity index (χ1v) is 7.62. The van der Waals surface area contributed by atoms with Gasteiger partial charge in [-0.2, -0.15) is 5.10 Å². The summed E-state index contributed by atoms with van der Waals surface area (Å²) < 4.78 is 31.2. The van der Waals surface area contributed by atoms with Crippen LogP contribution in [0.25, 0.3) is 5.65 Å². The van der Waals surface area contributed by atoms with Gasteiger partial charge in [-0.05, 0) is 25.1 Å². The topological polar surface area (TPSA) is 75.0 Å². The van der Waals surface area contributed by atoms with Gasteiger partial charge in [0.1, 0.15) is 23.7 Å². The van der Waals surface area contributed by atoms with Crippen molar-refractivity contribution in [3.8, 4) is 5.75 Å². The Bertz CT molecular complexity index is 970. The van der Waals surface area contributed by atoms with Crippen molar-refractivity contribution in [3.05, 3.63) is 58.8 Å². The van der Waals surface area contributed by atoms with Crippen LogP contribution >= 0.6 is 0 Å². The van der Waals surface area contributed by atoms with Crippen LogP contribution in [0.2, 0.25) is 0 Å². The number of fused-ring (bicyclic) bond motifs is 2. The van der Waals surface area contributed by atoms with Crippen molar-refractivity contribution in [1.29, 1.82) is 0 Å². The number of rotatable bonds is 3. The summed E-state index contributed by atoms with van der Waals surface area (Å²) in [5, 5.41) is 4.23. The van der Waals surface area contributed by atoms with Crippen LogP contribution in [0.5, 0.6) is 5.75 Å². The van der Waals surface area contributed by atoms with Crippen LogP contribution in [-0.4, -0.2) is 27.4 Å². The van der Waals surface area contributed by atoms with Gasteiger partial charge in [0.15, 0.2) is 12.4 Å². The van der Waals surface area contributed by atoms with E-state index in [-0.39, 0.29) is 25.6 Å². The standard InChI is InChI=1S/C17H14FN3O4/c1-10-14(16-19-3-2-4-21(16)20-10)17(22)24-8-12-6-13(18)5-11-7-23-9-25-15(11)12/h2-6H,7-9H2,1H3. The molecule has 0 unspecified atom stereocenters. The zero-order valence-electron chi connectivity index (χ0n) is 13.4. The largest absolute Gasteiger partial charge is 0.467 e. The van der Waals surface area contributed by atoms with E-state index in [1.54, 1.807) is 25.4 Å². The Hall–Kier alpha value is -3.00. The quantitative estimate of drug-likeness (QED) is 0.680. The number of aromatic nitrogens is 3. The second kappa shape index (κ2) is 6.14. The van der Waals surface area contributed by atoms with E-state index in [2.05, 4.69) is 10.1 Å². The highest BCUT2D eigenvalue weighted by Crippen LogP contribution is 2.30. The molecule has 0 radical (unpaired) electrons. The lowest BCUT2D eigenvalue weighted by atomic mass is 10.1. The number of aryl methyl sites for hydroxylation is 1. The average molecular weight is 343 g/mol. The number of hydrogen-bond acceptors (Lipinski definition) is 6. The zero-order chi connectivity index (χ0) is 17.4. The van der Waals surface area contributed by atoms with E-state index in [4.69, 9.17) is 14.2 Å². The molecule has 128 valence electrons. The highest BCUT2D eigenvalue weighted by molar-refractivity contribution is 5.97. The van der Waals surface area contributed by atoms with E-state index in [1.807, 2.05) is 0 Å². The highest BCUT2D eigenvalue weighted by Gasteiger charge is 2.22. The summed E-state index contributed by atoms with van der Waals surface area (Å²) in [4.78, 5) is 16.7. The van der Waals surface area contributed by atoms with Gasteiger partial charge in [0.05, 0.1) is 12.3 Å². The zero-order valence-corrected chi connectivity index (χ0v) is 13.4. The van der Waals surface area contributed by atoms with Crippen LogP contribution in [-0.2, 0) is 22.7 Å². The maximum Gasteiger partial charge on any atom is 0.344 e. The third kappa shape index (κ3) is 2.80. The third-order valence-electron chi connectivity index (χ3n) is 3.88. The van der Waals surface area contributed by atoms with Gasteiger partial charge in [0.2, 0.25) is 0 Å². The number of carbonyl (C=O) groups excluding carboxylic acids is 1. The van der Waals surface area contributed by atoms with E-state index in [0.29, 0.717) is 28.2 Å². The molecule has 4 rings (SSSR count). The number of carbonyl (C=O) groups is 1. The Morgan fingerprint density at radius 1 is 1.44 bits per heavy atom. The van der Waals surface area contributed by atoms with Crippen LogP contribution < -0.4 is 4.74 Å². The molecule has 25 heavy (non-hydrogen) atoms. The molecule has 0 saturated carbocycles. The molecular weight excluding hydrogens is 329 g/mol. The number of benzene rings is 1. The number of hydrogen-bond donors (Lipinski definition) is 0. The van der Waals surface area contributed by atoms with Crippen molar-refractivity contribution in [2.24, 2.45) is 0 Å². The highest BCUT2D eigenvalue weighted by atomic mass is 19.1. The molecule has 0 saturated heterocycles. The molecule has 0 aliphatic carbocycles. The first-order chi connectivity index (χ1) is 12.1. The second-order valence-corrected chi connectivity index (χ2v) is 5.59. The van der Waals surface area contributed by atoms with E-state index in [1.165, 1.54) is 16.6 Å². The second-order valence-electron chi connectivity index (χ2n) is 5.59. The number of ether oxygens (including phenoxy) is 3. The Balaban J connectivity index is 1.60. The monoisotopic (exact) mass is 343 g/mol. The molecule has 2 aromatic heterocycles. The van der Waals surface area contributed by atoms with Crippen molar-refractivity contribution < 1.29 is 23.4 Å². The van der Waals surface area contributed by atoms with Crippen molar-refractivity contribution in [2.75, 3.05) is 6.79 Å². The maximum atomic E-state index is 13.8. The Morgan fingerprint density at radius 3 is 3.20 bits per heavy atom. The summed E-state index contributed by atoms with van der Waals surface area (Å²) in [5.74, 6) is -0.515. The summed E-state index contributed by atoms with van der Waals surface area (Å²) in [6, 6.07) is 4.35. The predicted molar refractivity (Wildman–Crippen MR) is 83.5 cm³/mol. The van der Waals surface area contributed by atoms with E-state index >= 15 is 0 Å². The fourth-order valence-corrected chi connectivity index (χ4v) is 2.81. The average Bonchev–Trinajstić information content (AvgIpc) is 2.95. The molecular formula is C17H14FN3O4. The molecule has 0 spiro atoms. The molecule has 1 aromatic carbocycles. The Kier molecular flexibility index (Phi) is 3.81. The minimum Gasteiger partial charge on any atom is -0.467 e. The first-order valence-electron chi connectivity index (χ1n) is 7.62. The van der Waals surface area contributed by atoms with Gasteiger partial charge in [0.25, 0.3) is 0 Å². The molecule has 3 heterocycles. The van der Waals surface area contributed by atoms with E-state index in [9.17, 15) is 9.18 Å². The maximum absolute atomic E-state index is 13.8. The molecule has 0 atom stereocenters. The first kappa shape index (κ1) is 15.5. The molecule has 0 amide bonds. The lowest BCUT2D eigenvalue weighted by molar-refractivity contribution is -0.0182. The van der Waals surface area contributed by atoms with Crippen LogP contribution in [0, 0.1) is 12.7 Å². The third-order valence-corrected chi connectivity index (χ3v) is 3.88. The van der Waals surface area contributed by atoms with E-state index in [0.717, 1.165) is 0 Å². The summed E-state index contributed by atoms with van der Waals surface area (Å²) in [5.41, 5.74) is 2.25. The Morgan fingerprint density at radius 2 is 2.32 bits per heavy atom. The Labute approximate surface area is 142 Å². The number of halogens is 1. The summed E-state index contributed by atoms with van der Waals surface area (Å²) in [6.07, 6.45) is 3.27. The smallest absolute Gasteiger partial charge is 0.344 e. The molecule has 0 N–H and O–H groups in total. The predicted octanol–water partition coefficient (Wildman–Crippen LogP) is 2.40. The van der Waals surface area contributed by atoms with E-state index < -0.39 is 11.8 Å². The van der Waals surface area contributed by atoms with Crippen molar-refractivity contribution in [3.63, 3.8) is 0 Å². The molecule has 0 bridgehead atoms. The fourth-order valence-electron chi connectivity index (χ4n) is 2.81. The SMILES string of the molecule is Cc1nn2cccnc2c1C(=O)OCc1cc(F)cc2c1OCOC2. The van der Waals surface area contributed by atoms with Gasteiger partial charge in [-0.25, -0.2) is 18.7 Å². The van der Waals surface area contributed by atoms with Crippen LogP contribution in [0.1, 0.15) is 27.2 Å². The van der Waals surface area contributed by atoms with Gasteiger partial charge in [-0.3, -0.25) is 0 Å². The summed E-state index contributed by atoms with van der Waals surface area (Å²) in [6.45, 7) is 1.92. The van der Waals surface area contributed by atoms with Gasteiger partial charge in [0, 0.05) is 23.5 Å². The van der Waals surface area contributed by atoms with Crippen molar-refractivity contribution in [1.82, 2.24) is 14.6 Å². The number of nitrogens with zero attached hydrogens (tertiary/aromatic N) is 3. The molecule has 1 aliphatic rings.